The molecule has 0 unspecified atom stereocenters. The number of hydrogen-bond acceptors (Lipinski definition) is 4. The summed E-state index contributed by atoms with van der Waals surface area (Å²) in [5, 5.41) is 2.90. The second-order valence-electron chi connectivity index (χ2n) is 6.57. The Morgan fingerprint density at radius 3 is 2.27 bits per heavy atom. The molecule has 138 valence electrons. The zero-order chi connectivity index (χ0) is 18.8. The van der Waals surface area contributed by atoms with Gasteiger partial charge in [0, 0.05) is 30.4 Å². The molecule has 0 aliphatic carbocycles. The van der Waals surface area contributed by atoms with Crippen molar-refractivity contribution >= 4 is 39.1 Å². The number of hydrogen-bond donors (Lipinski definition) is 2. The van der Waals surface area contributed by atoms with E-state index in [-0.39, 0.29) is 17.7 Å². The fraction of sp³-hybridized carbons (Fsp3) is 0.368. The lowest BCUT2D eigenvalue weighted by molar-refractivity contribution is -0.122. The second-order valence-corrected chi connectivity index (χ2v) is 7.36. The smallest absolute Gasteiger partial charge is 0.260 e. The number of aryl methyl sites for hydroxylation is 2. The number of furan rings is 1. The minimum atomic E-state index is -0.210. The minimum absolute atomic E-state index is 0.0232. The topological polar surface area (TPSA) is 88.6 Å². The quantitative estimate of drug-likeness (QED) is 0.791. The first-order valence-corrected chi connectivity index (χ1v) is 9.37. The summed E-state index contributed by atoms with van der Waals surface area (Å²) in [5.74, 6) is 0.827. The molecule has 0 spiro atoms. The van der Waals surface area contributed by atoms with E-state index in [0.29, 0.717) is 21.6 Å². The van der Waals surface area contributed by atoms with Crippen molar-refractivity contribution in [3.63, 3.8) is 0 Å². The summed E-state index contributed by atoms with van der Waals surface area (Å²) in [5.41, 5.74) is 7.68. The molecule has 6 nitrogen and oxygen atoms in total. The molecule has 1 aromatic carbocycles. The van der Waals surface area contributed by atoms with E-state index in [0.717, 1.165) is 37.3 Å². The Morgan fingerprint density at radius 2 is 1.77 bits per heavy atom. The van der Waals surface area contributed by atoms with E-state index in [1.165, 1.54) is 0 Å². The van der Waals surface area contributed by atoms with Crippen molar-refractivity contribution in [1.82, 2.24) is 0 Å². The first-order chi connectivity index (χ1) is 12.4. The summed E-state index contributed by atoms with van der Waals surface area (Å²) in [4.78, 5) is 26.0. The Hall–Kier alpha value is -2.28. The van der Waals surface area contributed by atoms with E-state index in [9.17, 15) is 9.59 Å². The van der Waals surface area contributed by atoms with Gasteiger partial charge in [-0.15, -0.1) is 0 Å². The number of rotatable bonds is 4. The van der Waals surface area contributed by atoms with Crippen LogP contribution in [0.25, 0.3) is 0 Å². The Balaban J connectivity index is 1.65. The van der Waals surface area contributed by atoms with Crippen LogP contribution in [0.2, 0.25) is 0 Å². The number of primary amides is 1. The van der Waals surface area contributed by atoms with Gasteiger partial charge >= 0.3 is 0 Å². The van der Waals surface area contributed by atoms with Crippen LogP contribution >= 0.6 is 15.9 Å². The molecule has 2 amide bonds. The normalized spacial score (nSPS) is 15.1. The lowest BCUT2D eigenvalue weighted by Gasteiger charge is -2.32. The highest BCUT2D eigenvalue weighted by Gasteiger charge is 2.23. The summed E-state index contributed by atoms with van der Waals surface area (Å²) in [6.45, 7) is 5.19. The summed E-state index contributed by atoms with van der Waals surface area (Å²) < 4.78 is 6.16. The second kappa shape index (κ2) is 7.53. The Kier molecular flexibility index (Phi) is 5.36. The van der Waals surface area contributed by atoms with E-state index in [4.69, 9.17) is 10.2 Å². The van der Waals surface area contributed by atoms with Gasteiger partial charge in [0.15, 0.2) is 0 Å². The molecule has 1 saturated heterocycles. The molecule has 7 heteroatoms. The maximum atomic E-state index is 12.5. The molecule has 1 aromatic heterocycles. The average molecular weight is 420 g/mol. The lowest BCUT2D eigenvalue weighted by atomic mass is 9.96. The highest BCUT2D eigenvalue weighted by Crippen LogP contribution is 2.29. The van der Waals surface area contributed by atoms with Crippen LogP contribution in [0.15, 0.2) is 33.2 Å². The van der Waals surface area contributed by atoms with E-state index in [1.807, 2.05) is 31.2 Å². The molecule has 3 rings (SSSR count). The maximum Gasteiger partial charge on any atom is 0.260 e. The van der Waals surface area contributed by atoms with Gasteiger partial charge < -0.3 is 20.4 Å². The van der Waals surface area contributed by atoms with Gasteiger partial charge in [0.05, 0.1) is 10.0 Å². The summed E-state index contributed by atoms with van der Waals surface area (Å²) in [6, 6.07) is 7.71. The zero-order valence-corrected chi connectivity index (χ0v) is 16.4. The Bertz CT molecular complexity index is 821. The molecule has 1 aliphatic rings. The molecule has 0 radical (unpaired) electrons. The van der Waals surface area contributed by atoms with Crippen LogP contribution in [-0.2, 0) is 4.79 Å². The van der Waals surface area contributed by atoms with Gasteiger partial charge in [0.25, 0.3) is 5.91 Å². The maximum absolute atomic E-state index is 12.5. The SMILES string of the molecule is Cc1oc(C)c(C(=O)Nc2ccc(N3CCC(C(N)=O)CC3)cc2)c1Br. The third-order valence-corrected chi connectivity index (χ3v) is 5.76. The first-order valence-electron chi connectivity index (χ1n) is 8.58. The Labute approximate surface area is 160 Å². The molecule has 1 aliphatic heterocycles. The predicted molar refractivity (Wildman–Crippen MR) is 104 cm³/mol. The van der Waals surface area contributed by atoms with Gasteiger partial charge in [0.1, 0.15) is 11.5 Å². The minimum Gasteiger partial charge on any atom is -0.465 e. The van der Waals surface area contributed by atoms with Gasteiger partial charge in [-0.25, -0.2) is 0 Å². The molecule has 0 atom stereocenters. The number of nitrogens with one attached hydrogen (secondary N) is 1. The highest BCUT2D eigenvalue weighted by atomic mass is 79.9. The molecule has 2 heterocycles. The van der Waals surface area contributed by atoms with Crippen molar-refractivity contribution in [3.8, 4) is 0 Å². The number of amides is 2. The molecule has 2 aromatic rings. The number of carbonyl (C=O) groups excluding carboxylic acids is 2. The number of benzene rings is 1. The van der Waals surface area contributed by atoms with Crippen LogP contribution in [0.4, 0.5) is 11.4 Å². The predicted octanol–water partition coefficient (Wildman–Crippen LogP) is 3.61. The van der Waals surface area contributed by atoms with Crippen LogP contribution in [0.3, 0.4) is 0 Å². The van der Waals surface area contributed by atoms with Crippen molar-refractivity contribution in [2.75, 3.05) is 23.3 Å². The fourth-order valence-electron chi connectivity index (χ4n) is 3.29. The number of nitrogens with zero attached hydrogens (tertiary/aromatic N) is 1. The standard InChI is InChI=1S/C19H22BrN3O3/c1-11-16(17(20)12(2)26-11)19(25)22-14-3-5-15(6-4-14)23-9-7-13(8-10-23)18(21)24/h3-6,13H,7-10H2,1-2H3,(H2,21,24)(H,22,25). The third-order valence-electron chi connectivity index (χ3n) is 4.80. The summed E-state index contributed by atoms with van der Waals surface area (Å²) in [7, 11) is 0. The molecule has 26 heavy (non-hydrogen) atoms. The fourth-order valence-corrected chi connectivity index (χ4v) is 3.83. The molecule has 1 fully saturated rings. The largest absolute Gasteiger partial charge is 0.465 e. The molecular weight excluding hydrogens is 398 g/mol. The zero-order valence-electron chi connectivity index (χ0n) is 14.8. The van der Waals surface area contributed by atoms with Crippen LogP contribution in [-0.4, -0.2) is 24.9 Å². The number of halogens is 1. The van der Waals surface area contributed by atoms with Crippen molar-refractivity contribution in [3.05, 3.63) is 45.8 Å². The van der Waals surface area contributed by atoms with Gasteiger partial charge in [-0.05, 0) is 66.9 Å². The Morgan fingerprint density at radius 1 is 1.15 bits per heavy atom. The van der Waals surface area contributed by atoms with Crippen molar-refractivity contribution in [2.24, 2.45) is 11.7 Å². The van der Waals surface area contributed by atoms with Crippen LogP contribution < -0.4 is 16.0 Å². The molecule has 0 saturated carbocycles. The molecule has 0 bridgehead atoms. The number of carbonyl (C=O) groups is 2. The molecule has 3 N–H and O–H groups in total. The lowest BCUT2D eigenvalue weighted by Crippen LogP contribution is -2.38. The van der Waals surface area contributed by atoms with Gasteiger partial charge in [0.2, 0.25) is 5.91 Å². The number of nitrogens with two attached hydrogens (primary N) is 1. The van der Waals surface area contributed by atoms with E-state index in [2.05, 4.69) is 26.1 Å². The van der Waals surface area contributed by atoms with Crippen LogP contribution in [0, 0.1) is 19.8 Å². The van der Waals surface area contributed by atoms with Crippen molar-refractivity contribution in [2.45, 2.75) is 26.7 Å². The van der Waals surface area contributed by atoms with Crippen LogP contribution in [0.1, 0.15) is 34.7 Å². The van der Waals surface area contributed by atoms with Crippen LogP contribution in [0.5, 0.6) is 0 Å². The first kappa shape index (κ1) is 18.5. The van der Waals surface area contributed by atoms with Gasteiger partial charge in [-0.3, -0.25) is 9.59 Å². The number of piperidine rings is 1. The third kappa shape index (κ3) is 3.77. The van der Waals surface area contributed by atoms with Crippen molar-refractivity contribution in [1.29, 1.82) is 0 Å². The van der Waals surface area contributed by atoms with E-state index >= 15 is 0 Å². The van der Waals surface area contributed by atoms with Gasteiger partial charge in [-0.2, -0.15) is 0 Å². The van der Waals surface area contributed by atoms with E-state index in [1.54, 1.807) is 6.92 Å². The van der Waals surface area contributed by atoms with Crippen molar-refractivity contribution < 1.29 is 14.0 Å². The highest BCUT2D eigenvalue weighted by molar-refractivity contribution is 9.10. The summed E-state index contributed by atoms with van der Waals surface area (Å²) >= 11 is 3.40. The summed E-state index contributed by atoms with van der Waals surface area (Å²) in [6.07, 6.45) is 1.56. The van der Waals surface area contributed by atoms with E-state index < -0.39 is 0 Å². The monoisotopic (exact) mass is 419 g/mol. The van der Waals surface area contributed by atoms with Gasteiger partial charge in [-0.1, -0.05) is 0 Å². The molecular formula is C19H22BrN3O3. The number of anilines is 2. The average Bonchev–Trinajstić information content (AvgIpc) is 2.88.